The fourth-order valence-corrected chi connectivity index (χ4v) is 2.84. The van der Waals surface area contributed by atoms with Gasteiger partial charge in [-0.05, 0) is 19.8 Å². The number of aromatic nitrogens is 1. The maximum atomic E-state index is 11.0. The van der Waals surface area contributed by atoms with Crippen molar-refractivity contribution in [3.63, 3.8) is 0 Å². The second-order valence-corrected chi connectivity index (χ2v) is 6.49. The summed E-state index contributed by atoms with van der Waals surface area (Å²) < 4.78 is 4.62. The zero-order chi connectivity index (χ0) is 17.1. The van der Waals surface area contributed by atoms with Crippen LogP contribution in [-0.4, -0.2) is 49.6 Å². The Balaban J connectivity index is 0.00000529. The molecule has 8 heteroatoms. The largest absolute Gasteiger partial charge is 0.469 e. The molecule has 0 unspecified atom stereocenters. The van der Waals surface area contributed by atoms with E-state index in [1.807, 2.05) is 14.0 Å². The first-order valence-corrected chi connectivity index (χ1v) is 8.84. The maximum Gasteiger partial charge on any atom is 0.305 e. The van der Waals surface area contributed by atoms with Gasteiger partial charge in [-0.25, -0.2) is 4.98 Å². The van der Waals surface area contributed by atoms with Crippen LogP contribution in [0.1, 0.15) is 42.8 Å². The van der Waals surface area contributed by atoms with E-state index in [4.69, 9.17) is 0 Å². The van der Waals surface area contributed by atoms with Crippen molar-refractivity contribution in [2.45, 2.75) is 45.6 Å². The van der Waals surface area contributed by atoms with Gasteiger partial charge in [0, 0.05) is 32.4 Å². The van der Waals surface area contributed by atoms with E-state index >= 15 is 0 Å². The quantitative estimate of drug-likeness (QED) is 0.198. The van der Waals surface area contributed by atoms with E-state index in [2.05, 4.69) is 30.3 Å². The summed E-state index contributed by atoms with van der Waals surface area (Å²) in [7, 11) is 5.24. The predicted molar refractivity (Wildman–Crippen MR) is 110 cm³/mol. The molecule has 0 aliphatic carbocycles. The number of methoxy groups -OCH3 is 1. The highest BCUT2D eigenvalue weighted by Gasteiger charge is 2.08. The van der Waals surface area contributed by atoms with Gasteiger partial charge in [-0.3, -0.25) is 9.79 Å². The number of carbonyl (C=O) groups excluding carboxylic acids is 1. The fraction of sp³-hybridized carbons (Fsp3) is 0.688. The number of ether oxygens (including phenoxy) is 1. The topological polar surface area (TPSA) is 66.8 Å². The summed E-state index contributed by atoms with van der Waals surface area (Å²) in [5.41, 5.74) is 1.07. The third-order valence-corrected chi connectivity index (χ3v) is 4.28. The number of hydrogen-bond donors (Lipinski definition) is 1. The van der Waals surface area contributed by atoms with Gasteiger partial charge in [0.15, 0.2) is 5.96 Å². The molecular weight excluding hydrogens is 439 g/mol. The van der Waals surface area contributed by atoms with Crippen LogP contribution in [0, 0.1) is 6.92 Å². The summed E-state index contributed by atoms with van der Waals surface area (Å²) >= 11 is 1.67. The third-order valence-electron chi connectivity index (χ3n) is 3.46. The van der Waals surface area contributed by atoms with Gasteiger partial charge in [-0.15, -0.1) is 35.3 Å². The van der Waals surface area contributed by atoms with Crippen molar-refractivity contribution >= 4 is 47.2 Å². The van der Waals surface area contributed by atoms with E-state index in [9.17, 15) is 4.79 Å². The Labute approximate surface area is 166 Å². The van der Waals surface area contributed by atoms with Gasteiger partial charge in [0.2, 0.25) is 0 Å². The number of guanidine groups is 1. The second-order valence-electron chi connectivity index (χ2n) is 5.43. The number of nitrogens with one attached hydrogen (secondary N) is 1. The van der Waals surface area contributed by atoms with E-state index in [0.29, 0.717) is 6.42 Å². The molecule has 0 aliphatic rings. The number of carbonyl (C=O) groups is 1. The van der Waals surface area contributed by atoms with Crippen molar-refractivity contribution in [1.82, 2.24) is 15.2 Å². The molecule has 0 fully saturated rings. The van der Waals surface area contributed by atoms with E-state index in [1.165, 1.54) is 7.11 Å². The lowest BCUT2D eigenvalue weighted by molar-refractivity contribution is -0.140. The lowest BCUT2D eigenvalue weighted by Gasteiger charge is -2.21. The molecule has 0 aliphatic heterocycles. The van der Waals surface area contributed by atoms with E-state index in [1.54, 1.807) is 18.4 Å². The molecule has 1 rings (SSSR count). The van der Waals surface area contributed by atoms with Gasteiger partial charge in [-0.1, -0.05) is 12.8 Å². The Morgan fingerprint density at radius 3 is 2.67 bits per heavy atom. The second kappa shape index (κ2) is 13.4. The molecule has 0 aromatic carbocycles. The minimum atomic E-state index is -0.123. The van der Waals surface area contributed by atoms with Crippen LogP contribution in [0.3, 0.4) is 0 Å². The van der Waals surface area contributed by atoms with Crippen LogP contribution in [-0.2, 0) is 16.1 Å². The Morgan fingerprint density at radius 1 is 1.38 bits per heavy atom. The van der Waals surface area contributed by atoms with E-state index < -0.39 is 0 Å². The van der Waals surface area contributed by atoms with Gasteiger partial charge in [0.05, 0.1) is 24.4 Å². The summed E-state index contributed by atoms with van der Waals surface area (Å²) in [6.45, 7) is 3.65. The van der Waals surface area contributed by atoms with Crippen LogP contribution in [0.5, 0.6) is 0 Å². The standard InChI is InChI=1S/C16H28N4O2S.HI/c1-13-19-14(12-23-13)11-20(3)16(17-2)18-10-8-6-5-7-9-15(21)22-4;/h12H,5-11H2,1-4H3,(H,17,18);1H. The van der Waals surface area contributed by atoms with Gasteiger partial charge in [0.25, 0.3) is 0 Å². The highest BCUT2D eigenvalue weighted by atomic mass is 127. The number of thiazole rings is 1. The van der Waals surface area contributed by atoms with E-state index in [-0.39, 0.29) is 29.9 Å². The number of unbranched alkanes of at least 4 members (excludes halogenated alkanes) is 3. The Hall–Kier alpha value is -0.900. The van der Waals surface area contributed by atoms with Crippen LogP contribution in [0.2, 0.25) is 0 Å². The van der Waals surface area contributed by atoms with Crippen LogP contribution in [0.15, 0.2) is 10.4 Å². The van der Waals surface area contributed by atoms with Crippen molar-refractivity contribution < 1.29 is 9.53 Å². The van der Waals surface area contributed by atoms with Crippen molar-refractivity contribution in [3.8, 4) is 0 Å². The molecule has 1 aromatic rings. The molecule has 0 saturated heterocycles. The average molecular weight is 468 g/mol. The number of halogens is 1. The number of rotatable bonds is 9. The van der Waals surface area contributed by atoms with E-state index in [0.717, 1.165) is 55.4 Å². The van der Waals surface area contributed by atoms with Crippen LogP contribution < -0.4 is 5.32 Å². The lowest BCUT2D eigenvalue weighted by atomic mass is 10.1. The molecule has 0 saturated carbocycles. The molecule has 1 heterocycles. The normalized spacial score (nSPS) is 10.9. The Bertz CT molecular complexity index is 508. The third kappa shape index (κ3) is 9.41. The summed E-state index contributed by atoms with van der Waals surface area (Å²) in [6, 6.07) is 0. The predicted octanol–water partition coefficient (Wildman–Crippen LogP) is 3.20. The van der Waals surface area contributed by atoms with Gasteiger partial charge in [0.1, 0.15) is 0 Å². The molecule has 24 heavy (non-hydrogen) atoms. The van der Waals surface area contributed by atoms with Crippen molar-refractivity contribution in [2.75, 3.05) is 27.7 Å². The lowest BCUT2D eigenvalue weighted by Crippen LogP contribution is -2.38. The van der Waals surface area contributed by atoms with Crippen LogP contribution in [0.25, 0.3) is 0 Å². The van der Waals surface area contributed by atoms with Gasteiger partial charge < -0.3 is 15.0 Å². The minimum absolute atomic E-state index is 0. The first-order chi connectivity index (χ1) is 11.1. The number of esters is 1. The van der Waals surface area contributed by atoms with Gasteiger partial charge in [-0.2, -0.15) is 0 Å². The summed E-state index contributed by atoms with van der Waals surface area (Å²) in [6.07, 6.45) is 4.61. The number of aliphatic imine (C=N–C) groups is 1. The summed E-state index contributed by atoms with van der Waals surface area (Å²) in [5, 5.41) is 6.54. The molecule has 0 spiro atoms. The monoisotopic (exact) mass is 468 g/mol. The molecule has 0 amide bonds. The van der Waals surface area contributed by atoms with Crippen molar-refractivity contribution in [3.05, 3.63) is 16.1 Å². The molecule has 1 aromatic heterocycles. The Kier molecular flexibility index (Phi) is 12.9. The minimum Gasteiger partial charge on any atom is -0.469 e. The molecule has 1 N–H and O–H groups in total. The molecule has 0 radical (unpaired) electrons. The highest BCUT2D eigenvalue weighted by Crippen LogP contribution is 2.09. The SMILES string of the molecule is CN=C(NCCCCCCC(=O)OC)N(C)Cc1csc(C)n1.I. The number of aryl methyl sites for hydroxylation is 1. The smallest absolute Gasteiger partial charge is 0.305 e. The first kappa shape index (κ1) is 23.1. The first-order valence-electron chi connectivity index (χ1n) is 7.96. The molecule has 6 nitrogen and oxygen atoms in total. The zero-order valence-electron chi connectivity index (χ0n) is 15.0. The number of hydrogen-bond acceptors (Lipinski definition) is 5. The van der Waals surface area contributed by atoms with Crippen LogP contribution in [0.4, 0.5) is 0 Å². The molecular formula is C16H29IN4O2S. The highest BCUT2D eigenvalue weighted by molar-refractivity contribution is 14.0. The maximum absolute atomic E-state index is 11.0. The van der Waals surface area contributed by atoms with Gasteiger partial charge >= 0.3 is 5.97 Å². The molecule has 0 bridgehead atoms. The summed E-state index contributed by atoms with van der Waals surface area (Å²) in [5.74, 6) is 0.757. The summed E-state index contributed by atoms with van der Waals surface area (Å²) in [4.78, 5) is 21.9. The fourth-order valence-electron chi connectivity index (χ4n) is 2.23. The molecule has 138 valence electrons. The number of nitrogens with zero attached hydrogens (tertiary/aromatic N) is 3. The zero-order valence-corrected chi connectivity index (χ0v) is 18.1. The Morgan fingerprint density at radius 2 is 2.08 bits per heavy atom. The van der Waals surface area contributed by atoms with Crippen molar-refractivity contribution in [2.24, 2.45) is 4.99 Å². The van der Waals surface area contributed by atoms with Crippen molar-refractivity contribution in [1.29, 1.82) is 0 Å². The molecule has 0 atom stereocenters. The van der Waals surface area contributed by atoms with Crippen LogP contribution >= 0.6 is 35.3 Å². The average Bonchev–Trinajstić information content (AvgIpc) is 2.94.